The normalized spacial score (nSPS) is 10.9. The number of aromatic hydroxyl groups is 4. The summed E-state index contributed by atoms with van der Waals surface area (Å²) in [6.07, 6.45) is -0.806. The van der Waals surface area contributed by atoms with Crippen molar-refractivity contribution >= 4 is 55.3 Å². The largest absolute Gasteiger partial charge is 0.519 e. The molecule has 0 fully saturated rings. The van der Waals surface area contributed by atoms with E-state index in [2.05, 4.69) is 27.7 Å². The third-order valence-corrected chi connectivity index (χ3v) is 15.9. The summed E-state index contributed by atoms with van der Waals surface area (Å²) < 4.78 is 21.0. The molecular weight excluding hydrogens is 985 g/mol. The summed E-state index contributed by atoms with van der Waals surface area (Å²) in [5.41, 5.74) is 4.09. The second kappa shape index (κ2) is 25.8. The lowest BCUT2D eigenvalue weighted by atomic mass is 9.78. The minimum atomic E-state index is -0.806. The molecule has 8 aromatic carbocycles. The SMILES string of the molecule is CC(C)(c1ccc(O)cc1)c1ccc(O)cc1.COc1ccc(C(C)(C)c2ccc(OC(=O)Oc3ccc(SSc4ccc(OC(C)=O)cc4)cc3)cc2)cc1.Oc1ccc(SSc2ccc(O)cc2)cc1. The highest BCUT2D eigenvalue weighted by Gasteiger charge is 2.24. The fourth-order valence-electron chi connectivity index (χ4n) is 6.74. The van der Waals surface area contributed by atoms with Crippen molar-refractivity contribution in [2.75, 3.05) is 7.11 Å². The van der Waals surface area contributed by atoms with Gasteiger partial charge in [-0.05, 0) is 168 Å². The van der Waals surface area contributed by atoms with Gasteiger partial charge in [-0.15, -0.1) is 0 Å². The van der Waals surface area contributed by atoms with Crippen LogP contribution in [0.1, 0.15) is 56.9 Å². The molecule has 8 rings (SSSR count). The van der Waals surface area contributed by atoms with E-state index in [1.165, 1.54) is 6.92 Å². The molecule has 0 spiro atoms. The number of phenolic OH excluding ortho intramolecular Hbond substituents is 4. The Morgan fingerprint density at radius 1 is 0.347 bits per heavy atom. The molecule has 0 bridgehead atoms. The van der Waals surface area contributed by atoms with Crippen LogP contribution in [0.25, 0.3) is 0 Å². The predicted molar refractivity (Wildman–Crippen MR) is 290 cm³/mol. The number of rotatable bonds is 14. The van der Waals surface area contributed by atoms with Crippen LogP contribution >= 0.6 is 43.2 Å². The van der Waals surface area contributed by atoms with Crippen LogP contribution in [0.2, 0.25) is 0 Å². The molecule has 10 nitrogen and oxygen atoms in total. The lowest BCUT2D eigenvalue weighted by Crippen LogP contribution is -2.19. The lowest BCUT2D eigenvalue weighted by Gasteiger charge is -2.26. The average molecular weight is 1040 g/mol. The predicted octanol–water partition coefficient (Wildman–Crippen LogP) is 15.6. The first-order valence-electron chi connectivity index (χ1n) is 22.4. The Bertz CT molecular complexity index is 2850. The zero-order valence-corrected chi connectivity index (χ0v) is 43.6. The number of hydrogen-bond donors (Lipinski definition) is 4. The lowest BCUT2D eigenvalue weighted by molar-refractivity contribution is -0.131. The van der Waals surface area contributed by atoms with Gasteiger partial charge in [0.25, 0.3) is 0 Å². The Hall–Kier alpha value is -7.10. The van der Waals surface area contributed by atoms with Crippen LogP contribution in [0.4, 0.5) is 4.79 Å². The third-order valence-electron chi connectivity index (χ3n) is 11.0. The molecule has 0 saturated carbocycles. The minimum Gasteiger partial charge on any atom is -0.508 e. The van der Waals surface area contributed by atoms with Gasteiger partial charge in [-0.1, -0.05) is 119 Å². The molecule has 370 valence electrons. The van der Waals surface area contributed by atoms with Crippen molar-refractivity contribution in [2.45, 2.75) is 65.0 Å². The monoisotopic (exact) mass is 1040 g/mol. The standard InChI is InChI=1S/C31H28O6S2.C15H16O2.C12H10O2S2/c1-21(32)35-25-13-17-28(18-14-25)38-39-29-19-15-27(16-20-29)37-30(33)36-26-11-7-23(8-12-26)31(2,3)22-5-9-24(34-4)10-6-22;1-15(2,11-3-7-13(16)8-4-11)12-5-9-14(17)10-6-12;13-9-1-5-11(6-2-9)15-16-12-7-3-10(14)4-8-12/h5-20H,1-4H3;3-10,16-17H,1-2H3;1-8,13-14H. The number of hydrogen-bond acceptors (Lipinski definition) is 14. The molecule has 0 atom stereocenters. The van der Waals surface area contributed by atoms with Crippen molar-refractivity contribution < 1.29 is 49.0 Å². The van der Waals surface area contributed by atoms with Gasteiger partial charge in [-0.3, -0.25) is 4.79 Å². The van der Waals surface area contributed by atoms with Crippen molar-refractivity contribution in [1.82, 2.24) is 0 Å². The molecule has 0 saturated heterocycles. The maximum atomic E-state index is 12.3. The van der Waals surface area contributed by atoms with E-state index in [1.807, 2.05) is 109 Å². The van der Waals surface area contributed by atoms with Gasteiger partial charge in [0.2, 0.25) is 0 Å². The highest BCUT2D eigenvalue weighted by Crippen LogP contribution is 2.40. The summed E-state index contributed by atoms with van der Waals surface area (Å²) in [7, 11) is 7.99. The number of benzene rings is 8. The molecule has 72 heavy (non-hydrogen) atoms. The maximum absolute atomic E-state index is 12.3. The van der Waals surface area contributed by atoms with Crippen LogP contribution < -0.4 is 18.9 Å². The zero-order valence-electron chi connectivity index (χ0n) is 40.3. The molecule has 0 unspecified atom stereocenters. The fraction of sp³-hybridized carbons (Fsp3) is 0.138. The van der Waals surface area contributed by atoms with Crippen LogP contribution in [-0.2, 0) is 15.6 Å². The first-order chi connectivity index (χ1) is 34.5. The van der Waals surface area contributed by atoms with Crippen LogP contribution in [0.15, 0.2) is 214 Å². The van der Waals surface area contributed by atoms with Gasteiger partial charge in [0.1, 0.15) is 46.0 Å². The van der Waals surface area contributed by atoms with Crippen LogP contribution in [0.3, 0.4) is 0 Å². The molecular formula is C58H54O10S4. The summed E-state index contributed by atoms with van der Waals surface area (Å²) in [5.74, 6) is 2.86. The Morgan fingerprint density at radius 2 is 0.569 bits per heavy atom. The molecule has 4 N–H and O–H groups in total. The topological polar surface area (TPSA) is 152 Å². The van der Waals surface area contributed by atoms with Gasteiger partial charge in [-0.2, -0.15) is 0 Å². The molecule has 0 aromatic heterocycles. The first kappa shape index (κ1) is 54.2. The van der Waals surface area contributed by atoms with E-state index in [4.69, 9.17) is 29.2 Å². The van der Waals surface area contributed by atoms with Gasteiger partial charge in [-0.25, -0.2) is 4.79 Å². The van der Waals surface area contributed by atoms with Crippen molar-refractivity contribution in [3.63, 3.8) is 0 Å². The third kappa shape index (κ3) is 16.5. The smallest absolute Gasteiger partial charge is 0.508 e. The molecule has 8 aromatic rings. The Kier molecular flexibility index (Phi) is 19.5. The first-order valence-corrected chi connectivity index (χ1v) is 26.7. The van der Waals surface area contributed by atoms with Crippen molar-refractivity contribution in [3.8, 4) is 46.0 Å². The number of ether oxygens (including phenoxy) is 4. The number of carbonyl (C=O) groups is 2. The molecule has 0 aliphatic heterocycles. The zero-order chi connectivity index (χ0) is 51.7. The molecule has 0 aliphatic rings. The Labute approximate surface area is 436 Å². The van der Waals surface area contributed by atoms with E-state index < -0.39 is 6.16 Å². The Morgan fingerprint density at radius 3 is 0.847 bits per heavy atom. The molecule has 0 amide bonds. The summed E-state index contributed by atoms with van der Waals surface area (Å²) in [6.45, 7) is 9.88. The minimum absolute atomic E-state index is 0.151. The van der Waals surface area contributed by atoms with Gasteiger partial charge in [0, 0.05) is 37.3 Å². The van der Waals surface area contributed by atoms with Gasteiger partial charge in [0.15, 0.2) is 0 Å². The second-order valence-electron chi connectivity index (χ2n) is 16.9. The van der Waals surface area contributed by atoms with Gasteiger partial charge < -0.3 is 39.4 Å². The molecule has 0 heterocycles. The van der Waals surface area contributed by atoms with E-state index in [9.17, 15) is 19.8 Å². The number of esters is 1. The number of phenols is 4. The second-order valence-corrected chi connectivity index (χ2v) is 21.5. The Balaban J connectivity index is 0.000000209. The summed E-state index contributed by atoms with van der Waals surface area (Å²) in [4.78, 5) is 27.5. The van der Waals surface area contributed by atoms with E-state index in [0.717, 1.165) is 47.6 Å². The van der Waals surface area contributed by atoms with Crippen LogP contribution in [0, 0.1) is 0 Å². The van der Waals surface area contributed by atoms with Crippen LogP contribution in [-0.4, -0.2) is 39.7 Å². The van der Waals surface area contributed by atoms with Crippen molar-refractivity contribution in [1.29, 1.82) is 0 Å². The fourth-order valence-corrected chi connectivity index (χ4v) is 10.6. The van der Waals surface area contributed by atoms with Crippen molar-refractivity contribution in [2.24, 2.45) is 0 Å². The summed E-state index contributed by atoms with van der Waals surface area (Å²) in [6, 6.07) is 58.4. The summed E-state index contributed by atoms with van der Waals surface area (Å²) >= 11 is 0. The molecule has 0 radical (unpaired) electrons. The average Bonchev–Trinajstić information content (AvgIpc) is 3.37. The number of carbonyl (C=O) groups excluding carboxylic acids is 2. The summed E-state index contributed by atoms with van der Waals surface area (Å²) in [5, 5.41) is 36.8. The van der Waals surface area contributed by atoms with Crippen molar-refractivity contribution in [3.05, 3.63) is 216 Å². The van der Waals surface area contributed by atoms with E-state index >= 15 is 0 Å². The highest BCUT2D eigenvalue weighted by atomic mass is 33.1. The highest BCUT2D eigenvalue weighted by molar-refractivity contribution is 8.77. The van der Waals surface area contributed by atoms with Gasteiger partial charge >= 0.3 is 12.1 Å². The van der Waals surface area contributed by atoms with E-state index in [-0.39, 0.29) is 39.8 Å². The van der Waals surface area contributed by atoms with E-state index in [0.29, 0.717) is 17.2 Å². The maximum Gasteiger partial charge on any atom is 0.519 e. The van der Waals surface area contributed by atoms with E-state index in [1.54, 1.807) is 135 Å². The molecule has 0 aliphatic carbocycles. The van der Waals surface area contributed by atoms with Crippen LogP contribution in [0.5, 0.6) is 46.0 Å². The quantitative estimate of drug-likeness (QED) is 0.0354. The van der Waals surface area contributed by atoms with Gasteiger partial charge in [0.05, 0.1) is 7.11 Å². The molecule has 14 heteroatoms. The number of methoxy groups -OCH3 is 1.